The molecule has 0 unspecified atom stereocenters. The molecule has 0 bridgehead atoms. The molecule has 0 radical (unpaired) electrons. The van der Waals surface area contributed by atoms with E-state index < -0.39 is 0 Å². The van der Waals surface area contributed by atoms with E-state index >= 15 is 0 Å². The molecular weight excluding hydrogens is 366 g/mol. The van der Waals surface area contributed by atoms with Gasteiger partial charge in [-0.1, -0.05) is 11.6 Å². The summed E-state index contributed by atoms with van der Waals surface area (Å²) in [7, 11) is 1.52. The van der Waals surface area contributed by atoms with Crippen molar-refractivity contribution in [2.45, 2.75) is 26.3 Å². The molecule has 0 atom stereocenters. The summed E-state index contributed by atoms with van der Waals surface area (Å²) in [5, 5.41) is 3.27. The Balaban J connectivity index is 1.69. The molecule has 27 heavy (non-hydrogen) atoms. The molecule has 7 heteroatoms. The summed E-state index contributed by atoms with van der Waals surface area (Å²) in [6, 6.07) is 7.16. The number of nitrogens with one attached hydrogen (secondary N) is 1. The summed E-state index contributed by atoms with van der Waals surface area (Å²) in [5.41, 5.74) is 1.43. The van der Waals surface area contributed by atoms with E-state index in [2.05, 4.69) is 15.2 Å². The highest BCUT2D eigenvalue weighted by molar-refractivity contribution is 6.32. The van der Waals surface area contributed by atoms with Crippen molar-refractivity contribution in [2.75, 3.05) is 31.7 Å². The number of aromatic nitrogens is 1. The highest BCUT2D eigenvalue weighted by Gasteiger charge is 2.16. The molecule has 1 fully saturated rings. The first-order valence-electron chi connectivity index (χ1n) is 9.10. The van der Waals surface area contributed by atoms with Gasteiger partial charge in [-0.05, 0) is 49.6 Å². The highest BCUT2D eigenvalue weighted by Crippen LogP contribution is 2.36. The Kier molecular flexibility index (Phi) is 6.40. The smallest absolute Gasteiger partial charge is 0.251 e. The van der Waals surface area contributed by atoms with Crippen LogP contribution in [0.4, 0.5) is 5.82 Å². The summed E-state index contributed by atoms with van der Waals surface area (Å²) in [4.78, 5) is 19.3. The fraction of sp³-hybridized carbons (Fsp3) is 0.400. The van der Waals surface area contributed by atoms with Crippen molar-refractivity contribution < 1.29 is 14.3 Å². The lowest BCUT2D eigenvalue weighted by Gasteiger charge is -2.17. The topological polar surface area (TPSA) is 63.7 Å². The van der Waals surface area contributed by atoms with Crippen LogP contribution in [0.1, 0.15) is 35.7 Å². The minimum atomic E-state index is -0.224. The van der Waals surface area contributed by atoms with Gasteiger partial charge in [-0.3, -0.25) is 4.79 Å². The second kappa shape index (κ2) is 8.95. The normalized spacial score (nSPS) is 13.5. The molecule has 144 valence electrons. The summed E-state index contributed by atoms with van der Waals surface area (Å²) >= 11 is 6.25. The number of hydrogen-bond donors (Lipinski definition) is 1. The number of methoxy groups -OCH3 is 1. The number of carbonyl (C=O) groups is 1. The first kappa shape index (κ1) is 19.3. The van der Waals surface area contributed by atoms with Crippen molar-refractivity contribution in [1.29, 1.82) is 0 Å². The predicted octanol–water partition coefficient (Wildman–Crippen LogP) is 3.67. The number of halogens is 1. The number of anilines is 1. The van der Waals surface area contributed by atoms with Crippen molar-refractivity contribution in [3.63, 3.8) is 0 Å². The zero-order valence-corrected chi connectivity index (χ0v) is 16.4. The maximum absolute atomic E-state index is 12.6. The van der Waals surface area contributed by atoms with Gasteiger partial charge in [0.1, 0.15) is 5.82 Å². The number of hydrogen-bond acceptors (Lipinski definition) is 5. The molecule has 1 saturated heterocycles. The lowest BCUT2D eigenvalue weighted by molar-refractivity contribution is 0.0950. The fourth-order valence-electron chi connectivity index (χ4n) is 3.11. The molecule has 2 aromatic rings. The third-order valence-electron chi connectivity index (χ3n) is 4.47. The van der Waals surface area contributed by atoms with Crippen molar-refractivity contribution in [3.8, 4) is 11.5 Å². The number of amides is 1. The lowest BCUT2D eigenvalue weighted by atomic mass is 10.1. The number of carbonyl (C=O) groups excluding carboxylic acids is 1. The highest BCUT2D eigenvalue weighted by atomic mass is 35.5. The second-order valence-electron chi connectivity index (χ2n) is 6.32. The number of rotatable bonds is 7. The molecule has 3 rings (SSSR count). The van der Waals surface area contributed by atoms with Crippen LogP contribution in [0.5, 0.6) is 11.5 Å². The maximum atomic E-state index is 12.6. The zero-order chi connectivity index (χ0) is 19.2. The quantitative estimate of drug-likeness (QED) is 0.782. The fourth-order valence-corrected chi connectivity index (χ4v) is 3.37. The van der Waals surface area contributed by atoms with Crippen LogP contribution in [0, 0.1) is 0 Å². The number of ether oxygens (including phenoxy) is 2. The predicted molar refractivity (Wildman–Crippen MR) is 106 cm³/mol. The van der Waals surface area contributed by atoms with E-state index in [1.807, 2.05) is 19.1 Å². The van der Waals surface area contributed by atoms with Crippen LogP contribution in [-0.2, 0) is 6.54 Å². The van der Waals surface area contributed by atoms with Gasteiger partial charge in [0.2, 0.25) is 0 Å². The van der Waals surface area contributed by atoms with E-state index in [1.54, 1.807) is 18.3 Å². The Labute approximate surface area is 164 Å². The molecule has 1 aliphatic rings. The molecule has 1 aliphatic heterocycles. The number of pyridine rings is 1. The first-order chi connectivity index (χ1) is 13.1. The molecule has 2 heterocycles. The Bertz CT molecular complexity index is 807. The first-order valence-corrected chi connectivity index (χ1v) is 9.48. The van der Waals surface area contributed by atoms with Gasteiger partial charge >= 0.3 is 0 Å². The van der Waals surface area contributed by atoms with E-state index in [9.17, 15) is 4.79 Å². The van der Waals surface area contributed by atoms with Gasteiger partial charge in [-0.2, -0.15) is 0 Å². The minimum absolute atomic E-state index is 0.224. The largest absolute Gasteiger partial charge is 0.493 e. The average molecular weight is 390 g/mol. The van der Waals surface area contributed by atoms with Crippen molar-refractivity contribution in [3.05, 3.63) is 46.6 Å². The van der Waals surface area contributed by atoms with Gasteiger partial charge in [-0.25, -0.2) is 4.98 Å². The van der Waals surface area contributed by atoms with E-state index in [4.69, 9.17) is 21.1 Å². The van der Waals surface area contributed by atoms with Crippen LogP contribution >= 0.6 is 11.6 Å². The van der Waals surface area contributed by atoms with Gasteiger partial charge in [0.25, 0.3) is 5.91 Å². The standard InChI is InChI=1S/C20H24ClN3O3/c1-3-27-19-16(21)11-15(12-17(19)26-2)20(25)23-13-14-6-7-22-18(10-14)24-8-4-5-9-24/h6-7,10-12H,3-5,8-9,13H2,1-2H3,(H,23,25). The monoisotopic (exact) mass is 389 g/mol. The van der Waals surface area contributed by atoms with Crippen molar-refractivity contribution in [2.24, 2.45) is 0 Å². The van der Waals surface area contributed by atoms with Gasteiger partial charge < -0.3 is 19.7 Å². The average Bonchev–Trinajstić information content (AvgIpc) is 3.22. The molecule has 1 amide bonds. The summed E-state index contributed by atoms with van der Waals surface area (Å²) in [6.07, 6.45) is 4.18. The van der Waals surface area contributed by atoms with Crippen LogP contribution < -0.4 is 19.7 Å². The van der Waals surface area contributed by atoms with Gasteiger partial charge in [-0.15, -0.1) is 0 Å². The van der Waals surface area contributed by atoms with Crippen LogP contribution in [0.25, 0.3) is 0 Å². The SMILES string of the molecule is CCOc1c(Cl)cc(C(=O)NCc2ccnc(N3CCCC3)c2)cc1OC. The van der Waals surface area contributed by atoms with E-state index in [0.717, 1.165) is 24.5 Å². The van der Waals surface area contributed by atoms with Crippen LogP contribution in [0.15, 0.2) is 30.5 Å². The minimum Gasteiger partial charge on any atom is -0.493 e. The third kappa shape index (κ3) is 4.63. The van der Waals surface area contributed by atoms with Gasteiger partial charge in [0.05, 0.1) is 18.7 Å². The molecule has 0 saturated carbocycles. The van der Waals surface area contributed by atoms with Crippen molar-refractivity contribution >= 4 is 23.3 Å². The van der Waals surface area contributed by atoms with Crippen LogP contribution in [-0.4, -0.2) is 37.7 Å². The third-order valence-corrected chi connectivity index (χ3v) is 4.75. The number of nitrogens with zero attached hydrogens (tertiary/aromatic N) is 2. The lowest BCUT2D eigenvalue weighted by Crippen LogP contribution is -2.24. The number of benzene rings is 1. The van der Waals surface area contributed by atoms with E-state index in [1.165, 1.54) is 20.0 Å². The molecule has 1 N–H and O–H groups in total. The van der Waals surface area contributed by atoms with Gasteiger partial charge in [0, 0.05) is 31.4 Å². The summed E-state index contributed by atoms with van der Waals surface area (Å²) < 4.78 is 10.8. The molecule has 1 aromatic heterocycles. The van der Waals surface area contributed by atoms with E-state index in [-0.39, 0.29) is 5.91 Å². The maximum Gasteiger partial charge on any atom is 0.251 e. The summed E-state index contributed by atoms with van der Waals surface area (Å²) in [5.74, 6) is 1.63. The van der Waals surface area contributed by atoms with Gasteiger partial charge in [0.15, 0.2) is 11.5 Å². The molecule has 0 spiro atoms. The Morgan fingerprint density at radius 2 is 2.07 bits per heavy atom. The van der Waals surface area contributed by atoms with Crippen molar-refractivity contribution in [1.82, 2.24) is 10.3 Å². The van der Waals surface area contributed by atoms with E-state index in [0.29, 0.717) is 35.2 Å². The molecule has 0 aliphatic carbocycles. The summed E-state index contributed by atoms with van der Waals surface area (Å²) in [6.45, 7) is 4.81. The second-order valence-corrected chi connectivity index (χ2v) is 6.73. The van der Waals surface area contributed by atoms with Crippen LogP contribution in [0.3, 0.4) is 0 Å². The zero-order valence-electron chi connectivity index (χ0n) is 15.6. The Morgan fingerprint density at radius 3 is 2.78 bits per heavy atom. The molecule has 6 nitrogen and oxygen atoms in total. The van der Waals surface area contributed by atoms with Crippen LogP contribution in [0.2, 0.25) is 5.02 Å². The Hall–Kier alpha value is -2.47. The Morgan fingerprint density at radius 1 is 1.30 bits per heavy atom. The molecular formula is C20H24ClN3O3. The molecule has 1 aromatic carbocycles.